The van der Waals surface area contributed by atoms with Crippen LogP contribution in [0.2, 0.25) is 0 Å². The summed E-state index contributed by atoms with van der Waals surface area (Å²) in [4.78, 5) is 0. The Morgan fingerprint density at radius 2 is 1.83 bits per heavy atom. The summed E-state index contributed by atoms with van der Waals surface area (Å²) in [5.74, 6) is 0.790. The van der Waals surface area contributed by atoms with Crippen molar-refractivity contribution in [3.8, 4) is 0 Å². The third-order valence-corrected chi connectivity index (χ3v) is 2.67. The van der Waals surface area contributed by atoms with Gasteiger partial charge in [-0.25, -0.2) is 0 Å². The fourth-order valence-corrected chi connectivity index (χ4v) is 2.42. The minimum atomic E-state index is 0.790. The van der Waals surface area contributed by atoms with Crippen molar-refractivity contribution >= 4 is 0 Å². The molecule has 0 atom stereocenters. The Bertz CT molecular complexity index is 128. The van der Waals surface area contributed by atoms with Crippen molar-refractivity contribution in [2.45, 2.75) is 26.7 Å². The molecule has 1 aliphatic rings. The summed E-state index contributed by atoms with van der Waals surface area (Å²) in [7, 11) is 1.82. The van der Waals surface area contributed by atoms with E-state index in [1.54, 1.807) is 0 Å². The van der Waals surface area contributed by atoms with Gasteiger partial charge in [0.05, 0.1) is 19.6 Å². The van der Waals surface area contributed by atoms with Crippen LogP contribution in [-0.4, -0.2) is 38.0 Å². The van der Waals surface area contributed by atoms with Crippen molar-refractivity contribution in [3.63, 3.8) is 0 Å². The van der Waals surface area contributed by atoms with Crippen molar-refractivity contribution in [1.82, 2.24) is 0 Å². The van der Waals surface area contributed by atoms with E-state index in [1.165, 1.54) is 37.0 Å². The average Bonchev–Trinajstić information content (AvgIpc) is 2.36. The van der Waals surface area contributed by atoms with E-state index in [4.69, 9.17) is 4.74 Å². The van der Waals surface area contributed by atoms with Crippen molar-refractivity contribution in [1.29, 1.82) is 0 Å². The highest BCUT2D eigenvalue weighted by atomic mass is 16.5. The Morgan fingerprint density at radius 3 is 2.25 bits per heavy atom. The van der Waals surface area contributed by atoms with Crippen LogP contribution in [0.5, 0.6) is 0 Å². The second-order valence-electron chi connectivity index (χ2n) is 4.49. The molecule has 12 heavy (non-hydrogen) atoms. The lowest BCUT2D eigenvalue weighted by atomic mass is 10.2. The lowest BCUT2D eigenvalue weighted by Gasteiger charge is -2.34. The quantitative estimate of drug-likeness (QED) is 0.588. The molecule has 0 N–H and O–H groups in total. The molecule has 1 heterocycles. The van der Waals surface area contributed by atoms with Gasteiger partial charge in [-0.1, -0.05) is 13.8 Å². The van der Waals surface area contributed by atoms with Crippen LogP contribution in [0.1, 0.15) is 26.7 Å². The Balaban J connectivity index is 2.46. The first-order valence-corrected chi connectivity index (χ1v) is 5.02. The van der Waals surface area contributed by atoms with Crippen molar-refractivity contribution in [2.24, 2.45) is 5.92 Å². The SMILES string of the molecule is COC[N+]1(CC(C)C)CCCC1. The highest BCUT2D eigenvalue weighted by Gasteiger charge is 2.32. The van der Waals surface area contributed by atoms with Gasteiger partial charge in [-0.15, -0.1) is 0 Å². The molecule has 0 aliphatic carbocycles. The number of methoxy groups -OCH3 is 1. The second-order valence-corrected chi connectivity index (χ2v) is 4.49. The van der Waals surface area contributed by atoms with Gasteiger partial charge < -0.3 is 9.22 Å². The monoisotopic (exact) mass is 172 g/mol. The third kappa shape index (κ3) is 2.46. The van der Waals surface area contributed by atoms with Gasteiger partial charge in [0.15, 0.2) is 6.73 Å². The van der Waals surface area contributed by atoms with Crippen LogP contribution in [0.25, 0.3) is 0 Å². The molecular formula is C10H22NO+. The van der Waals surface area contributed by atoms with E-state index in [0.29, 0.717) is 0 Å². The molecule has 0 aromatic heterocycles. The zero-order valence-corrected chi connectivity index (χ0v) is 8.68. The Hall–Kier alpha value is -0.0800. The van der Waals surface area contributed by atoms with Gasteiger partial charge in [0.1, 0.15) is 0 Å². The maximum absolute atomic E-state index is 5.30. The molecular weight excluding hydrogens is 150 g/mol. The fraction of sp³-hybridized carbons (Fsp3) is 1.00. The maximum Gasteiger partial charge on any atom is 0.182 e. The fourth-order valence-electron chi connectivity index (χ4n) is 2.42. The number of quaternary nitrogens is 1. The normalized spacial score (nSPS) is 22.0. The summed E-state index contributed by atoms with van der Waals surface area (Å²) in [5.41, 5.74) is 0. The lowest BCUT2D eigenvalue weighted by Crippen LogP contribution is -2.48. The van der Waals surface area contributed by atoms with Gasteiger partial charge in [0.25, 0.3) is 0 Å². The Kier molecular flexibility index (Phi) is 3.53. The molecule has 1 aliphatic heterocycles. The molecule has 0 spiro atoms. The van der Waals surface area contributed by atoms with Gasteiger partial charge in [-0.3, -0.25) is 0 Å². The first-order valence-electron chi connectivity index (χ1n) is 5.02. The van der Waals surface area contributed by atoms with E-state index >= 15 is 0 Å². The summed E-state index contributed by atoms with van der Waals surface area (Å²) in [6.07, 6.45) is 2.77. The number of rotatable bonds is 4. The van der Waals surface area contributed by atoms with Crippen LogP contribution < -0.4 is 0 Å². The van der Waals surface area contributed by atoms with Crippen molar-refractivity contribution in [3.05, 3.63) is 0 Å². The molecule has 0 amide bonds. The predicted octanol–water partition coefficient (Wildman–Crippen LogP) is 1.86. The molecule has 1 rings (SSSR count). The van der Waals surface area contributed by atoms with Crippen molar-refractivity contribution in [2.75, 3.05) is 33.5 Å². The second kappa shape index (κ2) is 4.24. The van der Waals surface area contributed by atoms with Gasteiger partial charge in [-0.2, -0.15) is 0 Å². The Morgan fingerprint density at radius 1 is 1.25 bits per heavy atom. The zero-order chi connectivity index (χ0) is 9.03. The van der Waals surface area contributed by atoms with E-state index in [0.717, 1.165) is 12.6 Å². The molecule has 1 saturated heterocycles. The van der Waals surface area contributed by atoms with Crippen LogP contribution >= 0.6 is 0 Å². The molecule has 0 radical (unpaired) electrons. The van der Waals surface area contributed by atoms with Gasteiger partial charge in [0, 0.05) is 25.9 Å². The van der Waals surface area contributed by atoms with E-state index in [2.05, 4.69) is 13.8 Å². The summed E-state index contributed by atoms with van der Waals surface area (Å²) in [5, 5.41) is 0. The molecule has 1 fully saturated rings. The smallest absolute Gasteiger partial charge is 0.182 e. The zero-order valence-electron chi connectivity index (χ0n) is 8.68. The molecule has 0 aromatic carbocycles. The van der Waals surface area contributed by atoms with E-state index in [1.807, 2.05) is 7.11 Å². The molecule has 0 bridgehead atoms. The van der Waals surface area contributed by atoms with Crippen molar-refractivity contribution < 1.29 is 9.22 Å². The van der Waals surface area contributed by atoms with Gasteiger partial charge in [0.2, 0.25) is 0 Å². The highest BCUT2D eigenvalue weighted by Crippen LogP contribution is 2.21. The minimum absolute atomic E-state index is 0.790. The number of hydrogen-bond donors (Lipinski definition) is 0. The van der Waals surface area contributed by atoms with Crippen LogP contribution in [0.15, 0.2) is 0 Å². The predicted molar refractivity (Wildman–Crippen MR) is 50.8 cm³/mol. The summed E-state index contributed by atoms with van der Waals surface area (Å²) in [6, 6.07) is 0. The topological polar surface area (TPSA) is 9.23 Å². The minimum Gasteiger partial charge on any atom is -0.335 e. The van der Waals surface area contributed by atoms with E-state index < -0.39 is 0 Å². The molecule has 2 heteroatoms. The van der Waals surface area contributed by atoms with Gasteiger partial charge in [-0.05, 0) is 0 Å². The number of ether oxygens (including phenoxy) is 1. The number of nitrogens with zero attached hydrogens (tertiary/aromatic N) is 1. The van der Waals surface area contributed by atoms with E-state index in [9.17, 15) is 0 Å². The summed E-state index contributed by atoms with van der Waals surface area (Å²) < 4.78 is 6.50. The van der Waals surface area contributed by atoms with Crippen LogP contribution in [-0.2, 0) is 4.74 Å². The summed E-state index contributed by atoms with van der Waals surface area (Å²) >= 11 is 0. The molecule has 0 aromatic rings. The molecule has 72 valence electrons. The van der Waals surface area contributed by atoms with Crippen LogP contribution in [0.3, 0.4) is 0 Å². The third-order valence-electron chi connectivity index (χ3n) is 2.67. The first-order chi connectivity index (χ1) is 5.68. The van der Waals surface area contributed by atoms with Gasteiger partial charge >= 0.3 is 0 Å². The number of likely N-dealkylation sites (tertiary alicyclic amines) is 1. The average molecular weight is 172 g/mol. The van der Waals surface area contributed by atoms with Crippen LogP contribution in [0.4, 0.5) is 0 Å². The molecule has 2 nitrogen and oxygen atoms in total. The maximum atomic E-state index is 5.30. The highest BCUT2D eigenvalue weighted by molar-refractivity contribution is 4.54. The van der Waals surface area contributed by atoms with E-state index in [-0.39, 0.29) is 0 Å². The summed E-state index contributed by atoms with van der Waals surface area (Å²) in [6.45, 7) is 9.45. The molecule has 0 saturated carbocycles. The van der Waals surface area contributed by atoms with Crippen LogP contribution in [0, 0.1) is 5.92 Å². The largest absolute Gasteiger partial charge is 0.335 e. The first kappa shape index (κ1) is 10.0. The number of hydrogen-bond acceptors (Lipinski definition) is 1. The molecule has 0 unspecified atom stereocenters. The Labute approximate surface area is 76.1 Å². The standard InChI is InChI=1S/C10H22NO/c1-10(2)8-11(9-12-3)6-4-5-7-11/h10H,4-9H2,1-3H3/q+1. The lowest BCUT2D eigenvalue weighted by molar-refractivity contribution is -0.937.